The van der Waals surface area contributed by atoms with E-state index >= 15 is 0 Å². The van der Waals surface area contributed by atoms with E-state index in [-0.39, 0.29) is 11.8 Å². The topological polar surface area (TPSA) is 67.4 Å². The first kappa shape index (κ1) is 19.6. The van der Waals surface area contributed by atoms with Gasteiger partial charge in [-0.2, -0.15) is 0 Å². The van der Waals surface area contributed by atoms with Gasteiger partial charge < -0.3 is 15.4 Å². The first-order valence-corrected chi connectivity index (χ1v) is 9.23. The molecule has 0 heterocycles. The van der Waals surface area contributed by atoms with Crippen LogP contribution in [0.25, 0.3) is 0 Å². The molecule has 0 unspecified atom stereocenters. The number of rotatable bonds is 6. The number of amides is 2. The number of halogens is 1. The molecule has 6 heteroatoms. The highest BCUT2D eigenvalue weighted by molar-refractivity contribution is 6.32. The lowest BCUT2D eigenvalue weighted by molar-refractivity contribution is -0.130. The molecule has 0 atom stereocenters. The molecular weight excluding hydrogens is 340 g/mol. The maximum absolute atomic E-state index is 12.8. The Balaban J connectivity index is 2.10. The van der Waals surface area contributed by atoms with Crippen LogP contribution < -0.4 is 15.4 Å². The summed E-state index contributed by atoms with van der Waals surface area (Å²) in [5.74, 6) is 0.628. The fourth-order valence-electron chi connectivity index (χ4n) is 3.10. The number of nitrogens with one attached hydrogen (secondary N) is 2. The van der Waals surface area contributed by atoms with E-state index in [2.05, 4.69) is 24.5 Å². The molecule has 0 radical (unpaired) electrons. The van der Waals surface area contributed by atoms with E-state index in [4.69, 9.17) is 16.3 Å². The Hall–Kier alpha value is -1.75. The molecule has 1 fully saturated rings. The van der Waals surface area contributed by atoms with Crippen LogP contribution in [0.3, 0.4) is 0 Å². The van der Waals surface area contributed by atoms with Gasteiger partial charge >= 0.3 is 0 Å². The van der Waals surface area contributed by atoms with Gasteiger partial charge in [-0.1, -0.05) is 44.7 Å². The number of carbonyl (C=O) groups excluding carboxylic acids is 2. The Bertz CT molecular complexity index is 625. The molecule has 2 rings (SSSR count). The number of carbonyl (C=O) groups is 2. The lowest BCUT2D eigenvalue weighted by Crippen LogP contribution is -2.57. The van der Waals surface area contributed by atoms with Gasteiger partial charge in [0.05, 0.1) is 11.6 Å². The monoisotopic (exact) mass is 366 g/mol. The molecular formula is C19H27ClN2O3. The van der Waals surface area contributed by atoms with Crippen molar-refractivity contribution in [1.82, 2.24) is 5.32 Å². The van der Waals surface area contributed by atoms with Gasteiger partial charge in [-0.15, -0.1) is 0 Å². The quantitative estimate of drug-likeness (QED) is 0.794. The first-order chi connectivity index (χ1) is 11.8. The predicted octanol–water partition coefficient (Wildman–Crippen LogP) is 4.15. The molecule has 1 aromatic carbocycles. The molecule has 25 heavy (non-hydrogen) atoms. The Labute approximate surface area is 154 Å². The Morgan fingerprint density at radius 3 is 2.48 bits per heavy atom. The van der Waals surface area contributed by atoms with Gasteiger partial charge in [0, 0.05) is 12.6 Å². The SMILES string of the molecule is CC(=O)NC1(C(=O)Nc2ccc(OCC(C)C)c(Cl)c2)CCCCC1. The summed E-state index contributed by atoms with van der Waals surface area (Å²) in [7, 11) is 0. The minimum absolute atomic E-state index is 0.186. The van der Waals surface area contributed by atoms with Gasteiger partial charge in [-0.25, -0.2) is 0 Å². The molecule has 0 saturated heterocycles. The van der Waals surface area contributed by atoms with Crippen LogP contribution in [0.2, 0.25) is 5.02 Å². The molecule has 1 aliphatic rings. The lowest BCUT2D eigenvalue weighted by atomic mass is 9.80. The minimum Gasteiger partial charge on any atom is -0.492 e. The number of anilines is 1. The molecule has 138 valence electrons. The van der Waals surface area contributed by atoms with Crippen molar-refractivity contribution in [3.63, 3.8) is 0 Å². The second-order valence-electron chi connectivity index (χ2n) is 7.13. The smallest absolute Gasteiger partial charge is 0.250 e. The summed E-state index contributed by atoms with van der Waals surface area (Å²) >= 11 is 6.26. The second-order valence-corrected chi connectivity index (χ2v) is 7.54. The van der Waals surface area contributed by atoms with Crippen molar-refractivity contribution in [3.05, 3.63) is 23.2 Å². The summed E-state index contributed by atoms with van der Waals surface area (Å²) in [5.41, 5.74) is -0.231. The van der Waals surface area contributed by atoms with Crippen molar-refractivity contribution in [2.75, 3.05) is 11.9 Å². The molecule has 5 nitrogen and oxygen atoms in total. The Morgan fingerprint density at radius 1 is 1.24 bits per heavy atom. The van der Waals surface area contributed by atoms with E-state index in [9.17, 15) is 9.59 Å². The molecule has 0 spiro atoms. The standard InChI is InChI=1S/C19H27ClN2O3/c1-13(2)12-25-17-8-7-15(11-16(17)20)21-18(24)19(22-14(3)23)9-5-4-6-10-19/h7-8,11,13H,4-6,9-10,12H2,1-3H3,(H,21,24)(H,22,23). The van der Waals surface area contributed by atoms with E-state index < -0.39 is 5.54 Å². The molecule has 1 aromatic rings. The second kappa shape index (κ2) is 8.56. The van der Waals surface area contributed by atoms with Gasteiger partial charge in [0.15, 0.2) is 0 Å². The van der Waals surface area contributed by atoms with Crippen LogP contribution in [0.15, 0.2) is 18.2 Å². The minimum atomic E-state index is -0.830. The highest BCUT2D eigenvalue weighted by Gasteiger charge is 2.40. The lowest BCUT2D eigenvalue weighted by Gasteiger charge is -2.36. The molecule has 1 saturated carbocycles. The third-order valence-electron chi connectivity index (χ3n) is 4.32. The van der Waals surface area contributed by atoms with E-state index in [0.29, 0.717) is 41.8 Å². The van der Waals surface area contributed by atoms with Crippen LogP contribution in [-0.2, 0) is 9.59 Å². The zero-order valence-electron chi connectivity index (χ0n) is 15.2. The Kier molecular flexibility index (Phi) is 6.71. The van der Waals surface area contributed by atoms with Crippen molar-refractivity contribution in [3.8, 4) is 5.75 Å². The summed E-state index contributed by atoms with van der Waals surface area (Å²) in [6, 6.07) is 5.20. The van der Waals surface area contributed by atoms with Crippen LogP contribution in [-0.4, -0.2) is 24.0 Å². The number of hydrogen-bond donors (Lipinski definition) is 2. The predicted molar refractivity (Wildman–Crippen MR) is 100 cm³/mol. The summed E-state index contributed by atoms with van der Waals surface area (Å²) < 4.78 is 5.65. The third-order valence-corrected chi connectivity index (χ3v) is 4.61. The number of ether oxygens (including phenoxy) is 1. The van der Waals surface area contributed by atoms with Crippen LogP contribution in [0.4, 0.5) is 5.69 Å². The van der Waals surface area contributed by atoms with Gasteiger partial charge in [0.1, 0.15) is 11.3 Å². The average molecular weight is 367 g/mol. The van der Waals surface area contributed by atoms with E-state index in [1.807, 2.05) is 0 Å². The number of hydrogen-bond acceptors (Lipinski definition) is 3. The highest BCUT2D eigenvalue weighted by atomic mass is 35.5. The summed E-state index contributed by atoms with van der Waals surface area (Å²) in [4.78, 5) is 24.4. The molecule has 0 aliphatic heterocycles. The summed E-state index contributed by atoms with van der Waals surface area (Å²) in [5, 5.41) is 6.22. The van der Waals surface area contributed by atoms with Gasteiger partial charge in [0.2, 0.25) is 11.8 Å². The van der Waals surface area contributed by atoms with Crippen LogP contribution in [0.1, 0.15) is 52.9 Å². The third kappa shape index (κ3) is 5.36. The molecule has 2 amide bonds. The Morgan fingerprint density at radius 2 is 1.92 bits per heavy atom. The van der Waals surface area contributed by atoms with Crippen LogP contribution in [0, 0.1) is 5.92 Å². The first-order valence-electron chi connectivity index (χ1n) is 8.85. The van der Waals surface area contributed by atoms with Crippen molar-refractivity contribution in [2.45, 2.75) is 58.4 Å². The zero-order chi connectivity index (χ0) is 18.4. The van der Waals surface area contributed by atoms with Crippen LogP contribution in [0.5, 0.6) is 5.75 Å². The van der Waals surface area contributed by atoms with E-state index in [0.717, 1.165) is 19.3 Å². The average Bonchev–Trinajstić information content (AvgIpc) is 2.54. The van der Waals surface area contributed by atoms with Gasteiger partial charge in [-0.05, 0) is 37.0 Å². The summed E-state index contributed by atoms with van der Waals surface area (Å²) in [6.45, 7) is 6.15. The maximum atomic E-state index is 12.8. The normalized spacial score (nSPS) is 16.4. The maximum Gasteiger partial charge on any atom is 0.250 e. The molecule has 2 N–H and O–H groups in total. The van der Waals surface area contributed by atoms with Crippen molar-refractivity contribution >= 4 is 29.1 Å². The zero-order valence-corrected chi connectivity index (χ0v) is 15.9. The highest BCUT2D eigenvalue weighted by Crippen LogP contribution is 2.32. The van der Waals surface area contributed by atoms with Crippen molar-refractivity contribution < 1.29 is 14.3 Å². The number of benzene rings is 1. The molecule has 0 aromatic heterocycles. The fraction of sp³-hybridized carbons (Fsp3) is 0.579. The summed E-state index contributed by atoms with van der Waals surface area (Å²) in [6.07, 6.45) is 4.25. The molecule has 1 aliphatic carbocycles. The van der Waals surface area contributed by atoms with Crippen molar-refractivity contribution in [2.24, 2.45) is 5.92 Å². The molecule has 0 bridgehead atoms. The van der Waals surface area contributed by atoms with Crippen LogP contribution >= 0.6 is 11.6 Å². The van der Waals surface area contributed by atoms with E-state index in [1.165, 1.54) is 6.92 Å². The van der Waals surface area contributed by atoms with Gasteiger partial charge in [0.25, 0.3) is 0 Å². The van der Waals surface area contributed by atoms with Crippen molar-refractivity contribution in [1.29, 1.82) is 0 Å². The fourth-order valence-corrected chi connectivity index (χ4v) is 3.34. The van der Waals surface area contributed by atoms with Gasteiger partial charge in [-0.3, -0.25) is 9.59 Å². The van der Waals surface area contributed by atoms with E-state index in [1.54, 1.807) is 18.2 Å². The largest absolute Gasteiger partial charge is 0.492 e.